The van der Waals surface area contributed by atoms with Crippen LogP contribution in [0.25, 0.3) is 0 Å². The zero-order chi connectivity index (χ0) is 17.5. The van der Waals surface area contributed by atoms with Crippen molar-refractivity contribution in [1.82, 2.24) is 14.6 Å². The summed E-state index contributed by atoms with van der Waals surface area (Å²) in [5, 5.41) is 0. The van der Waals surface area contributed by atoms with Crippen LogP contribution in [0, 0.1) is 25.2 Å². The first-order valence-electron chi connectivity index (χ1n) is 7.95. The quantitative estimate of drug-likeness (QED) is 0.843. The molecule has 0 unspecified atom stereocenters. The zero-order valence-electron chi connectivity index (χ0n) is 14.2. The molecule has 2 saturated heterocycles. The summed E-state index contributed by atoms with van der Waals surface area (Å²) in [6, 6.07) is 3.59. The Bertz CT molecular complexity index is 744. The third-order valence-electron chi connectivity index (χ3n) is 4.82. The Morgan fingerprint density at radius 3 is 2.71 bits per heavy atom. The highest BCUT2D eigenvalue weighted by Crippen LogP contribution is 2.41. The first-order chi connectivity index (χ1) is 11.2. The summed E-state index contributed by atoms with van der Waals surface area (Å²) >= 11 is 0. The van der Waals surface area contributed by atoms with Gasteiger partial charge in [0.25, 0.3) is 5.91 Å². The molecular weight excluding hydrogens is 330 g/mol. The molecule has 0 bridgehead atoms. The number of hydrogen-bond donors (Lipinski definition) is 1. The second-order valence-electron chi connectivity index (χ2n) is 6.99. The number of pyridine rings is 1. The van der Waals surface area contributed by atoms with E-state index in [-0.39, 0.29) is 17.2 Å². The second-order valence-corrected chi connectivity index (χ2v) is 8.82. The SMILES string of the molecule is Cc1cc(C(=O)N2C[C@H]3COC[C@@]3(CNS(C)(=O)=O)C2)cc(C)n1. The molecule has 24 heavy (non-hydrogen) atoms. The minimum Gasteiger partial charge on any atom is -0.380 e. The molecule has 1 N–H and O–H groups in total. The van der Waals surface area contributed by atoms with Crippen molar-refractivity contribution in [2.24, 2.45) is 11.3 Å². The average molecular weight is 353 g/mol. The third kappa shape index (κ3) is 3.45. The van der Waals surface area contributed by atoms with Crippen molar-refractivity contribution in [2.75, 3.05) is 39.1 Å². The van der Waals surface area contributed by atoms with E-state index in [1.807, 2.05) is 18.7 Å². The monoisotopic (exact) mass is 353 g/mol. The van der Waals surface area contributed by atoms with Crippen LogP contribution in [0.1, 0.15) is 21.7 Å². The molecule has 2 aliphatic rings. The van der Waals surface area contributed by atoms with E-state index in [1.165, 1.54) is 0 Å². The van der Waals surface area contributed by atoms with Gasteiger partial charge in [0, 0.05) is 47.9 Å². The molecule has 1 aromatic heterocycles. The Hall–Kier alpha value is -1.51. The lowest BCUT2D eigenvalue weighted by atomic mass is 9.81. The van der Waals surface area contributed by atoms with E-state index in [4.69, 9.17) is 4.74 Å². The molecule has 3 heterocycles. The first kappa shape index (κ1) is 17.3. The molecule has 0 aliphatic carbocycles. The molecule has 3 rings (SSSR count). The van der Waals surface area contributed by atoms with Crippen molar-refractivity contribution >= 4 is 15.9 Å². The number of hydrogen-bond acceptors (Lipinski definition) is 5. The predicted molar refractivity (Wildman–Crippen MR) is 89.2 cm³/mol. The van der Waals surface area contributed by atoms with Crippen LogP contribution < -0.4 is 4.72 Å². The number of nitrogens with zero attached hydrogens (tertiary/aromatic N) is 2. The van der Waals surface area contributed by atoms with Crippen molar-refractivity contribution in [2.45, 2.75) is 13.8 Å². The summed E-state index contributed by atoms with van der Waals surface area (Å²) in [4.78, 5) is 19.0. The highest BCUT2D eigenvalue weighted by molar-refractivity contribution is 7.88. The van der Waals surface area contributed by atoms with Gasteiger partial charge in [-0.05, 0) is 26.0 Å². The Labute approximate surface area is 142 Å². The summed E-state index contributed by atoms with van der Waals surface area (Å²) in [7, 11) is -3.27. The number of ether oxygens (including phenoxy) is 1. The Morgan fingerprint density at radius 1 is 1.42 bits per heavy atom. The maximum absolute atomic E-state index is 12.8. The maximum atomic E-state index is 12.8. The van der Waals surface area contributed by atoms with Crippen molar-refractivity contribution in [3.63, 3.8) is 0 Å². The normalized spacial score (nSPS) is 26.6. The summed E-state index contributed by atoms with van der Waals surface area (Å²) in [5.74, 6) is 0.122. The minimum atomic E-state index is -3.27. The van der Waals surface area contributed by atoms with E-state index in [9.17, 15) is 13.2 Å². The van der Waals surface area contributed by atoms with Crippen LogP contribution in [0.2, 0.25) is 0 Å². The van der Waals surface area contributed by atoms with Crippen LogP contribution in [-0.2, 0) is 14.8 Å². The van der Waals surface area contributed by atoms with Crippen molar-refractivity contribution in [3.8, 4) is 0 Å². The third-order valence-corrected chi connectivity index (χ3v) is 5.49. The molecule has 1 aromatic rings. The summed E-state index contributed by atoms with van der Waals surface area (Å²) < 4.78 is 31.0. The topological polar surface area (TPSA) is 88.6 Å². The van der Waals surface area contributed by atoms with E-state index in [1.54, 1.807) is 12.1 Å². The van der Waals surface area contributed by atoms with E-state index in [0.717, 1.165) is 17.6 Å². The summed E-state index contributed by atoms with van der Waals surface area (Å²) in [6.07, 6.45) is 1.15. The lowest BCUT2D eigenvalue weighted by Crippen LogP contribution is -2.43. The van der Waals surface area contributed by atoms with Crippen LogP contribution in [0.4, 0.5) is 0 Å². The number of rotatable bonds is 4. The van der Waals surface area contributed by atoms with Crippen molar-refractivity contribution in [1.29, 1.82) is 0 Å². The summed E-state index contributed by atoms with van der Waals surface area (Å²) in [5.41, 5.74) is 1.92. The van der Waals surface area contributed by atoms with Gasteiger partial charge in [0.15, 0.2) is 0 Å². The zero-order valence-corrected chi connectivity index (χ0v) is 15.0. The van der Waals surface area contributed by atoms with Gasteiger partial charge in [-0.1, -0.05) is 0 Å². The molecular formula is C16H23N3O4S. The number of carbonyl (C=O) groups excluding carboxylic acids is 1. The van der Waals surface area contributed by atoms with Crippen LogP contribution in [0.3, 0.4) is 0 Å². The minimum absolute atomic E-state index is 0.0308. The molecule has 1 amide bonds. The predicted octanol–water partition coefficient (Wildman–Crippen LogP) is 0.336. The van der Waals surface area contributed by atoms with Gasteiger partial charge in [-0.3, -0.25) is 9.78 Å². The second kappa shape index (κ2) is 6.09. The molecule has 132 valence electrons. The molecule has 0 spiro atoms. The van der Waals surface area contributed by atoms with Gasteiger partial charge in [-0.25, -0.2) is 13.1 Å². The fourth-order valence-electron chi connectivity index (χ4n) is 3.65. The number of sulfonamides is 1. The number of fused-ring (bicyclic) bond motifs is 1. The number of nitrogens with one attached hydrogen (secondary N) is 1. The van der Waals surface area contributed by atoms with Crippen LogP contribution >= 0.6 is 0 Å². The number of aromatic nitrogens is 1. The molecule has 0 saturated carbocycles. The smallest absolute Gasteiger partial charge is 0.254 e. The Morgan fingerprint density at radius 2 is 2.08 bits per heavy atom. The summed E-state index contributed by atoms with van der Waals surface area (Å²) in [6.45, 7) is 6.16. The molecule has 2 atom stereocenters. The van der Waals surface area contributed by atoms with Gasteiger partial charge in [0.1, 0.15) is 0 Å². The van der Waals surface area contributed by atoms with Crippen molar-refractivity contribution < 1.29 is 17.9 Å². The number of carbonyl (C=O) groups is 1. The fraction of sp³-hybridized carbons (Fsp3) is 0.625. The Kier molecular flexibility index (Phi) is 4.39. The Balaban J connectivity index is 1.78. The van der Waals surface area contributed by atoms with Crippen molar-refractivity contribution in [3.05, 3.63) is 29.1 Å². The number of aryl methyl sites for hydroxylation is 2. The van der Waals surface area contributed by atoms with Gasteiger partial charge >= 0.3 is 0 Å². The van der Waals surface area contributed by atoms with Gasteiger partial charge in [-0.2, -0.15) is 0 Å². The van der Waals surface area contributed by atoms with Gasteiger partial charge < -0.3 is 9.64 Å². The van der Waals surface area contributed by atoms with Gasteiger partial charge in [0.05, 0.1) is 19.5 Å². The molecule has 0 radical (unpaired) electrons. The van der Waals surface area contributed by atoms with Gasteiger partial charge in [-0.15, -0.1) is 0 Å². The molecule has 2 aliphatic heterocycles. The van der Waals surface area contributed by atoms with Crippen LogP contribution in [0.5, 0.6) is 0 Å². The highest BCUT2D eigenvalue weighted by Gasteiger charge is 2.52. The van der Waals surface area contributed by atoms with Gasteiger partial charge in [0.2, 0.25) is 10.0 Å². The first-order valence-corrected chi connectivity index (χ1v) is 9.85. The van der Waals surface area contributed by atoms with Crippen LogP contribution in [-0.4, -0.2) is 63.3 Å². The number of likely N-dealkylation sites (tertiary alicyclic amines) is 1. The van der Waals surface area contributed by atoms with E-state index in [2.05, 4.69) is 9.71 Å². The highest BCUT2D eigenvalue weighted by atomic mass is 32.2. The lowest BCUT2D eigenvalue weighted by molar-refractivity contribution is 0.0721. The van der Waals surface area contributed by atoms with Crippen LogP contribution in [0.15, 0.2) is 12.1 Å². The molecule has 2 fully saturated rings. The standard InChI is InChI=1S/C16H23N3O4S/c1-11-4-13(5-12(2)18-11)15(20)19-6-14-7-23-10-16(14,9-19)8-17-24(3,21)22/h4-5,14,17H,6-10H2,1-3H3/t14-,16+/m0/s1. The molecule has 8 heteroatoms. The lowest BCUT2D eigenvalue weighted by Gasteiger charge is -2.27. The number of amides is 1. The molecule has 7 nitrogen and oxygen atoms in total. The molecule has 0 aromatic carbocycles. The average Bonchev–Trinajstić information content (AvgIpc) is 2.99. The fourth-order valence-corrected chi connectivity index (χ4v) is 4.20. The van der Waals surface area contributed by atoms with E-state index >= 15 is 0 Å². The maximum Gasteiger partial charge on any atom is 0.254 e. The van der Waals surface area contributed by atoms with E-state index in [0.29, 0.717) is 38.4 Å². The largest absolute Gasteiger partial charge is 0.380 e. The van der Waals surface area contributed by atoms with E-state index < -0.39 is 10.0 Å².